The Bertz CT molecular complexity index is 413. The average molecular weight is 253 g/mol. The molecule has 0 aliphatic carbocycles. The standard InChI is InChI=1S/C14H23NOS/c1-9-7-12(16-6)10(2)11(3)13(9)17-14(4,5)8-15/h7H,8,15H2,1-6H3. The molecular weight excluding hydrogens is 230 g/mol. The first-order valence-electron chi connectivity index (χ1n) is 5.86. The molecule has 0 fully saturated rings. The van der Waals surface area contributed by atoms with Crippen molar-refractivity contribution in [1.29, 1.82) is 0 Å². The summed E-state index contributed by atoms with van der Waals surface area (Å²) in [5, 5.41) is 0. The lowest BCUT2D eigenvalue weighted by Crippen LogP contribution is -2.26. The molecule has 0 saturated heterocycles. The van der Waals surface area contributed by atoms with Gasteiger partial charge in [-0.05, 0) is 57.4 Å². The highest BCUT2D eigenvalue weighted by molar-refractivity contribution is 8.00. The molecule has 17 heavy (non-hydrogen) atoms. The monoisotopic (exact) mass is 253 g/mol. The Morgan fingerprint density at radius 3 is 2.29 bits per heavy atom. The molecule has 0 radical (unpaired) electrons. The van der Waals surface area contributed by atoms with E-state index in [-0.39, 0.29) is 4.75 Å². The number of thioether (sulfide) groups is 1. The first kappa shape index (κ1) is 14.4. The maximum Gasteiger partial charge on any atom is 0.122 e. The number of hydrogen-bond acceptors (Lipinski definition) is 3. The second kappa shape index (κ2) is 5.32. The van der Waals surface area contributed by atoms with Crippen molar-refractivity contribution in [1.82, 2.24) is 0 Å². The number of nitrogens with two attached hydrogens (primary N) is 1. The molecule has 2 nitrogen and oxygen atoms in total. The van der Waals surface area contributed by atoms with Crippen LogP contribution in [0.5, 0.6) is 5.75 Å². The molecule has 1 aromatic rings. The van der Waals surface area contributed by atoms with Gasteiger partial charge in [-0.25, -0.2) is 0 Å². The normalized spacial score (nSPS) is 11.7. The second-order valence-electron chi connectivity index (χ2n) is 5.04. The van der Waals surface area contributed by atoms with E-state index in [0.717, 1.165) is 5.75 Å². The molecule has 1 aromatic carbocycles. The van der Waals surface area contributed by atoms with Crippen LogP contribution in [0.2, 0.25) is 0 Å². The van der Waals surface area contributed by atoms with E-state index in [2.05, 4.69) is 40.7 Å². The summed E-state index contributed by atoms with van der Waals surface area (Å²) >= 11 is 1.85. The summed E-state index contributed by atoms with van der Waals surface area (Å²) in [6, 6.07) is 2.11. The van der Waals surface area contributed by atoms with Crippen LogP contribution in [0.25, 0.3) is 0 Å². The van der Waals surface area contributed by atoms with Gasteiger partial charge < -0.3 is 10.5 Å². The van der Waals surface area contributed by atoms with Gasteiger partial charge in [0.25, 0.3) is 0 Å². The van der Waals surface area contributed by atoms with Gasteiger partial charge in [0.1, 0.15) is 5.75 Å². The van der Waals surface area contributed by atoms with E-state index in [1.807, 2.05) is 11.8 Å². The Labute approximate surface area is 109 Å². The summed E-state index contributed by atoms with van der Waals surface area (Å²) in [7, 11) is 1.72. The molecule has 0 heterocycles. The first-order chi connectivity index (χ1) is 7.82. The number of ether oxygens (including phenoxy) is 1. The third-order valence-electron chi connectivity index (χ3n) is 3.07. The molecule has 0 saturated carbocycles. The highest BCUT2D eigenvalue weighted by atomic mass is 32.2. The van der Waals surface area contributed by atoms with Crippen LogP contribution in [0.15, 0.2) is 11.0 Å². The predicted octanol–water partition coefficient (Wildman–Crippen LogP) is 3.45. The lowest BCUT2D eigenvalue weighted by atomic mass is 10.1. The Morgan fingerprint density at radius 2 is 1.82 bits per heavy atom. The van der Waals surface area contributed by atoms with E-state index in [0.29, 0.717) is 6.54 Å². The minimum absolute atomic E-state index is 0.0660. The molecule has 0 bridgehead atoms. The third kappa shape index (κ3) is 3.17. The summed E-state index contributed by atoms with van der Waals surface area (Å²) in [5.74, 6) is 0.968. The zero-order chi connectivity index (χ0) is 13.2. The topological polar surface area (TPSA) is 35.2 Å². The molecule has 0 aliphatic rings. The van der Waals surface area contributed by atoms with E-state index in [1.54, 1.807) is 7.11 Å². The molecule has 0 aliphatic heterocycles. The van der Waals surface area contributed by atoms with Gasteiger partial charge in [-0.3, -0.25) is 0 Å². The van der Waals surface area contributed by atoms with Crippen LogP contribution in [0.4, 0.5) is 0 Å². The number of benzene rings is 1. The number of aryl methyl sites for hydroxylation is 1. The van der Waals surface area contributed by atoms with E-state index in [9.17, 15) is 0 Å². The van der Waals surface area contributed by atoms with Gasteiger partial charge in [-0.2, -0.15) is 0 Å². The fourth-order valence-electron chi connectivity index (χ4n) is 1.71. The lowest BCUT2D eigenvalue weighted by molar-refractivity contribution is 0.410. The highest BCUT2D eigenvalue weighted by Gasteiger charge is 2.21. The van der Waals surface area contributed by atoms with Gasteiger partial charge in [0.2, 0.25) is 0 Å². The van der Waals surface area contributed by atoms with Crippen molar-refractivity contribution in [3.8, 4) is 5.75 Å². The fraction of sp³-hybridized carbons (Fsp3) is 0.571. The SMILES string of the molecule is COc1cc(C)c(SC(C)(C)CN)c(C)c1C. The van der Waals surface area contributed by atoms with Gasteiger partial charge >= 0.3 is 0 Å². The first-order valence-corrected chi connectivity index (χ1v) is 6.68. The Balaban J connectivity index is 3.22. The Kier molecular flexibility index (Phi) is 4.50. The maximum atomic E-state index is 5.80. The third-order valence-corrected chi connectivity index (χ3v) is 4.62. The summed E-state index contributed by atoms with van der Waals surface area (Å²) < 4.78 is 5.45. The van der Waals surface area contributed by atoms with Gasteiger partial charge in [0.15, 0.2) is 0 Å². The molecule has 0 spiro atoms. The van der Waals surface area contributed by atoms with Crippen molar-refractivity contribution in [2.24, 2.45) is 5.73 Å². The molecule has 3 heteroatoms. The van der Waals surface area contributed by atoms with Crippen LogP contribution in [0, 0.1) is 20.8 Å². The van der Waals surface area contributed by atoms with E-state index in [4.69, 9.17) is 10.5 Å². The van der Waals surface area contributed by atoms with Gasteiger partial charge in [-0.15, -0.1) is 11.8 Å². The van der Waals surface area contributed by atoms with Crippen molar-refractivity contribution in [3.63, 3.8) is 0 Å². The van der Waals surface area contributed by atoms with Crippen LogP contribution < -0.4 is 10.5 Å². The number of hydrogen-bond donors (Lipinski definition) is 1. The molecule has 0 amide bonds. The van der Waals surface area contributed by atoms with Gasteiger partial charge in [-0.1, -0.05) is 0 Å². The maximum absolute atomic E-state index is 5.80. The lowest BCUT2D eigenvalue weighted by Gasteiger charge is -2.25. The summed E-state index contributed by atoms with van der Waals surface area (Å²) in [6.45, 7) is 11.4. The largest absolute Gasteiger partial charge is 0.496 e. The summed E-state index contributed by atoms with van der Waals surface area (Å²) in [4.78, 5) is 1.33. The highest BCUT2D eigenvalue weighted by Crippen LogP contribution is 2.39. The molecule has 0 atom stereocenters. The Hall–Kier alpha value is -0.670. The fourth-order valence-corrected chi connectivity index (χ4v) is 2.87. The molecule has 1 rings (SSSR count). The van der Waals surface area contributed by atoms with Crippen LogP contribution in [0.1, 0.15) is 30.5 Å². The molecule has 96 valence electrons. The van der Waals surface area contributed by atoms with Gasteiger partial charge in [0.05, 0.1) is 7.11 Å². The minimum Gasteiger partial charge on any atom is -0.496 e. The van der Waals surface area contributed by atoms with Crippen LogP contribution in [-0.2, 0) is 0 Å². The smallest absolute Gasteiger partial charge is 0.122 e. The van der Waals surface area contributed by atoms with Crippen molar-refractivity contribution in [3.05, 3.63) is 22.8 Å². The zero-order valence-electron chi connectivity index (χ0n) is 11.7. The predicted molar refractivity (Wildman–Crippen MR) is 76.2 cm³/mol. The van der Waals surface area contributed by atoms with Crippen LogP contribution in [0.3, 0.4) is 0 Å². The van der Waals surface area contributed by atoms with Gasteiger partial charge in [0, 0.05) is 16.2 Å². The minimum atomic E-state index is 0.0660. The quantitative estimate of drug-likeness (QED) is 0.835. The van der Waals surface area contributed by atoms with Crippen molar-refractivity contribution in [2.45, 2.75) is 44.3 Å². The molecule has 0 unspecified atom stereocenters. The van der Waals surface area contributed by atoms with Crippen LogP contribution in [-0.4, -0.2) is 18.4 Å². The van der Waals surface area contributed by atoms with Crippen molar-refractivity contribution < 1.29 is 4.74 Å². The second-order valence-corrected chi connectivity index (χ2v) is 6.76. The van der Waals surface area contributed by atoms with E-state index >= 15 is 0 Å². The van der Waals surface area contributed by atoms with Crippen molar-refractivity contribution in [2.75, 3.05) is 13.7 Å². The van der Waals surface area contributed by atoms with E-state index < -0.39 is 0 Å². The van der Waals surface area contributed by atoms with E-state index in [1.165, 1.54) is 21.6 Å². The van der Waals surface area contributed by atoms with Crippen molar-refractivity contribution >= 4 is 11.8 Å². The van der Waals surface area contributed by atoms with Crippen LogP contribution >= 0.6 is 11.8 Å². The molecule has 2 N–H and O–H groups in total. The number of rotatable bonds is 4. The zero-order valence-corrected chi connectivity index (χ0v) is 12.5. The summed E-state index contributed by atoms with van der Waals surface area (Å²) in [5.41, 5.74) is 9.58. The molecular formula is C14H23NOS. The average Bonchev–Trinajstić information content (AvgIpc) is 2.29. The summed E-state index contributed by atoms with van der Waals surface area (Å²) in [6.07, 6.45) is 0. The Morgan fingerprint density at radius 1 is 1.24 bits per heavy atom. The molecule has 0 aromatic heterocycles. The number of methoxy groups -OCH3 is 1.